The fourth-order valence-electron chi connectivity index (χ4n) is 0.945. The third-order valence-electron chi connectivity index (χ3n) is 1.63. The Balaban J connectivity index is 2.91. The molecular formula is C9H12NSn. The average molecular weight is 253 g/mol. The molecule has 0 heterocycles. The van der Waals surface area contributed by atoms with E-state index in [2.05, 4.69) is 43.3 Å². The van der Waals surface area contributed by atoms with E-state index in [1.165, 1.54) is 15.7 Å². The van der Waals surface area contributed by atoms with Crippen LogP contribution in [0.25, 0.3) is 0 Å². The van der Waals surface area contributed by atoms with Crippen LogP contribution in [0.15, 0.2) is 24.3 Å². The molecule has 0 aromatic heterocycles. The van der Waals surface area contributed by atoms with Crippen molar-refractivity contribution in [2.45, 2.75) is 4.44 Å². The van der Waals surface area contributed by atoms with Gasteiger partial charge in [0.25, 0.3) is 0 Å². The molecule has 3 radical (unpaired) electrons. The number of benzene rings is 1. The molecule has 1 aromatic carbocycles. The Hall–Kier alpha value is -0.181. The van der Waals surface area contributed by atoms with Crippen molar-refractivity contribution >= 4 is 28.2 Å². The number of hydrogen-bond donors (Lipinski definition) is 0. The van der Waals surface area contributed by atoms with Crippen LogP contribution in [0.1, 0.15) is 5.56 Å². The van der Waals surface area contributed by atoms with Crippen LogP contribution in [-0.4, -0.2) is 36.6 Å². The Bertz CT molecular complexity index is 233. The summed E-state index contributed by atoms with van der Waals surface area (Å²) >= 11 is 1.58. The zero-order valence-corrected chi connectivity index (χ0v) is 9.82. The van der Waals surface area contributed by atoms with E-state index in [1.54, 1.807) is 22.5 Å². The van der Waals surface area contributed by atoms with Gasteiger partial charge in [-0.2, -0.15) is 0 Å². The van der Waals surface area contributed by atoms with Gasteiger partial charge >= 0.3 is 81.5 Å². The molecule has 0 bridgehead atoms. The molecule has 0 saturated carbocycles. The number of rotatable bonds is 2. The third-order valence-corrected chi connectivity index (χ3v) is 2.80. The molecule has 1 nitrogen and oxygen atoms in total. The van der Waals surface area contributed by atoms with Crippen molar-refractivity contribution in [3.8, 4) is 0 Å². The van der Waals surface area contributed by atoms with Crippen LogP contribution in [-0.2, 0) is 4.44 Å². The van der Waals surface area contributed by atoms with Crippen molar-refractivity contribution in [2.75, 3.05) is 19.0 Å². The molecule has 0 unspecified atom stereocenters. The van der Waals surface area contributed by atoms with Gasteiger partial charge in [-0.05, 0) is 0 Å². The van der Waals surface area contributed by atoms with Gasteiger partial charge in [-0.25, -0.2) is 0 Å². The summed E-state index contributed by atoms with van der Waals surface area (Å²) in [5.41, 5.74) is 2.74. The summed E-state index contributed by atoms with van der Waals surface area (Å²) in [5.74, 6) is 0. The summed E-state index contributed by atoms with van der Waals surface area (Å²) in [6.45, 7) is 0. The molecule has 1 aromatic rings. The minimum atomic E-state index is 1.20. The quantitative estimate of drug-likeness (QED) is 0.720. The maximum absolute atomic E-state index is 2.24. The topological polar surface area (TPSA) is 3.24 Å². The molecule has 0 aliphatic rings. The van der Waals surface area contributed by atoms with Crippen molar-refractivity contribution in [2.24, 2.45) is 0 Å². The predicted molar refractivity (Wildman–Crippen MR) is 50.2 cm³/mol. The Morgan fingerprint density at radius 2 is 2.09 bits per heavy atom. The van der Waals surface area contributed by atoms with Crippen molar-refractivity contribution in [1.82, 2.24) is 0 Å². The van der Waals surface area contributed by atoms with E-state index in [0.717, 1.165) is 0 Å². The van der Waals surface area contributed by atoms with E-state index in [1.807, 2.05) is 0 Å². The Morgan fingerprint density at radius 1 is 1.36 bits per heavy atom. The summed E-state index contributed by atoms with van der Waals surface area (Å²) in [7, 11) is 4.14. The van der Waals surface area contributed by atoms with Gasteiger partial charge in [0.05, 0.1) is 0 Å². The molecule has 0 spiro atoms. The van der Waals surface area contributed by atoms with Gasteiger partial charge in [-0.1, -0.05) is 0 Å². The monoisotopic (exact) mass is 254 g/mol. The van der Waals surface area contributed by atoms with E-state index in [4.69, 9.17) is 0 Å². The Morgan fingerprint density at radius 3 is 2.64 bits per heavy atom. The molecule has 0 saturated heterocycles. The molecule has 57 valence electrons. The molecule has 0 aliphatic carbocycles. The first kappa shape index (κ1) is 8.91. The van der Waals surface area contributed by atoms with Crippen LogP contribution >= 0.6 is 0 Å². The second-order valence-corrected chi connectivity index (χ2v) is 3.75. The normalized spacial score (nSPS) is 9.73. The SMILES string of the molecule is CN(C)c1cccc([CH2][Sn])c1. The van der Waals surface area contributed by atoms with Crippen molar-refractivity contribution in [3.05, 3.63) is 29.8 Å². The van der Waals surface area contributed by atoms with Crippen LogP contribution in [0.4, 0.5) is 5.69 Å². The molecule has 11 heavy (non-hydrogen) atoms. The van der Waals surface area contributed by atoms with Crippen LogP contribution in [0, 0.1) is 0 Å². The first-order valence-electron chi connectivity index (χ1n) is 3.65. The van der Waals surface area contributed by atoms with E-state index in [9.17, 15) is 0 Å². The van der Waals surface area contributed by atoms with E-state index in [-0.39, 0.29) is 0 Å². The van der Waals surface area contributed by atoms with Crippen LogP contribution in [0.5, 0.6) is 0 Å². The zero-order chi connectivity index (χ0) is 8.27. The standard InChI is InChI=1S/C9H12N.Sn/c1-8-5-4-6-9(7-8)10(2)3;/h4-7H,1H2,2-3H3;. The van der Waals surface area contributed by atoms with E-state index >= 15 is 0 Å². The first-order valence-corrected chi connectivity index (χ1v) is 5.66. The van der Waals surface area contributed by atoms with Gasteiger partial charge in [0.15, 0.2) is 0 Å². The molecule has 0 aliphatic heterocycles. The minimum absolute atomic E-state index is 1.20. The third kappa shape index (κ3) is 2.40. The van der Waals surface area contributed by atoms with Gasteiger partial charge in [0.1, 0.15) is 0 Å². The van der Waals surface area contributed by atoms with Crippen molar-refractivity contribution in [1.29, 1.82) is 0 Å². The summed E-state index contributed by atoms with van der Waals surface area (Å²) in [5, 5.41) is 0. The molecule has 0 amide bonds. The number of anilines is 1. The fourth-order valence-corrected chi connectivity index (χ4v) is 1.57. The zero-order valence-electron chi connectivity index (χ0n) is 6.96. The fraction of sp³-hybridized carbons (Fsp3) is 0.333. The molecule has 0 N–H and O–H groups in total. The Labute approximate surface area is 81.5 Å². The van der Waals surface area contributed by atoms with E-state index in [0.29, 0.717) is 0 Å². The molecular weight excluding hydrogens is 241 g/mol. The first-order chi connectivity index (χ1) is 5.24. The summed E-state index contributed by atoms with van der Waals surface area (Å²) in [6, 6.07) is 8.68. The summed E-state index contributed by atoms with van der Waals surface area (Å²) in [4.78, 5) is 2.13. The molecule has 0 fully saturated rings. The van der Waals surface area contributed by atoms with Crippen molar-refractivity contribution in [3.63, 3.8) is 0 Å². The summed E-state index contributed by atoms with van der Waals surface area (Å²) in [6.07, 6.45) is 0. The second-order valence-electron chi connectivity index (χ2n) is 2.74. The van der Waals surface area contributed by atoms with E-state index < -0.39 is 0 Å². The van der Waals surface area contributed by atoms with Crippen molar-refractivity contribution < 1.29 is 0 Å². The maximum atomic E-state index is 2.24. The Kier molecular flexibility index (Phi) is 3.24. The molecule has 1 rings (SSSR count). The number of nitrogens with zero attached hydrogens (tertiary/aromatic N) is 1. The average Bonchev–Trinajstić information content (AvgIpc) is 2.05. The van der Waals surface area contributed by atoms with Crippen LogP contribution in [0.2, 0.25) is 0 Å². The van der Waals surface area contributed by atoms with Crippen LogP contribution in [0.3, 0.4) is 0 Å². The van der Waals surface area contributed by atoms with Gasteiger partial charge < -0.3 is 0 Å². The number of hydrogen-bond acceptors (Lipinski definition) is 1. The second kappa shape index (κ2) is 4.00. The van der Waals surface area contributed by atoms with Gasteiger partial charge in [-0.3, -0.25) is 0 Å². The van der Waals surface area contributed by atoms with Gasteiger partial charge in [0, 0.05) is 0 Å². The predicted octanol–water partition coefficient (Wildman–Crippen LogP) is 1.42. The molecule has 0 atom stereocenters. The van der Waals surface area contributed by atoms with Gasteiger partial charge in [-0.15, -0.1) is 0 Å². The summed E-state index contributed by atoms with van der Waals surface area (Å²) < 4.78 is 1.20. The van der Waals surface area contributed by atoms with Crippen LogP contribution < -0.4 is 4.90 Å². The molecule has 2 heteroatoms. The van der Waals surface area contributed by atoms with Gasteiger partial charge in [0.2, 0.25) is 0 Å².